The molecule has 2 N–H and O–H groups in total. The number of rotatable bonds is 0. The zero-order valence-electron chi connectivity index (χ0n) is 9.27. The number of hydrogen-bond donors (Lipinski definition) is 1. The third-order valence-corrected chi connectivity index (χ3v) is 2.98. The first-order valence-electron chi connectivity index (χ1n) is 5.09. The Hall–Kier alpha value is -1.48. The average Bonchev–Trinajstić information content (AvgIpc) is 2.33. The van der Waals surface area contributed by atoms with Crippen molar-refractivity contribution >= 4 is 11.4 Å². The van der Waals surface area contributed by atoms with Crippen LogP contribution in [-0.2, 0) is 0 Å². The van der Waals surface area contributed by atoms with Crippen molar-refractivity contribution in [1.82, 2.24) is 0 Å². The average molecular weight is 203 g/mol. The number of hydrogen-bond acceptors (Lipinski definition) is 3. The number of likely N-dealkylation sites (N-methyl/N-ethyl adjacent to an activating group) is 2. The molecule has 0 aromatic heterocycles. The molecule has 0 radical (unpaired) electrons. The molecule has 0 unspecified atom stereocenters. The number of nitrogens with two attached hydrogens (primary N) is 1. The molecule has 1 aromatic rings. The van der Waals surface area contributed by atoms with Gasteiger partial charge in [0.1, 0.15) is 0 Å². The van der Waals surface area contributed by atoms with Gasteiger partial charge >= 0.3 is 0 Å². The lowest BCUT2D eigenvalue weighted by Crippen LogP contribution is -2.37. The van der Waals surface area contributed by atoms with E-state index in [2.05, 4.69) is 35.6 Å². The monoisotopic (exact) mass is 203 g/mol. The zero-order chi connectivity index (χ0) is 11.0. The van der Waals surface area contributed by atoms with E-state index in [1.165, 1.54) is 5.69 Å². The summed E-state index contributed by atoms with van der Waals surface area (Å²) in [6.07, 6.45) is 0. The minimum Gasteiger partial charge on any atom is -0.371 e. The molecule has 1 aliphatic rings. The van der Waals surface area contributed by atoms with Crippen LogP contribution in [0.3, 0.4) is 0 Å². The van der Waals surface area contributed by atoms with E-state index in [-0.39, 0.29) is 6.04 Å². The van der Waals surface area contributed by atoms with Crippen LogP contribution in [0, 0.1) is 0 Å². The van der Waals surface area contributed by atoms with Gasteiger partial charge in [-0.1, -0.05) is 18.7 Å². The number of anilines is 2. The number of para-hydroxylation sites is 2. The normalized spacial score (nSPS) is 21.3. The molecule has 80 valence electrons. The Bertz CT molecular complexity index is 386. The molecule has 0 saturated heterocycles. The Morgan fingerprint density at radius 3 is 2.53 bits per heavy atom. The topological polar surface area (TPSA) is 32.5 Å². The molecule has 0 amide bonds. The molecule has 0 saturated carbocycles. The van der Waals surface area contributed by atoms with Gasteiger partial charge in [-0.25, -0.2) is 0 Å². The lowest BCUT2D eigenvalue weighted by atomic mass is 10.2. The van der Waals surface area contributed by atoms with Crippen molar-refractivity contribution in [3.63, 3.8) is 0 Å². The van der Waals surface area contributed by atoms with Crippen LogP contribution in [0.4, 0.5) is 11.4 Å². The Kier molecular flexibility index (Phi) is 2.40. The van der Waals surface area contributed by atoms with Gasteiger partial charge in [-0.15, -0.1) is 0 Å². The van der Waals surface area contributed by atoms with Crippen LogP contribution in [0.15, 0.2) is 36.5 Å². The second-order valence-electron chi connectivity index (χ2n) is 4.03. The Labute approximate surface area is 90.8 Å². The van der Waals surface area contributed by atoms with Crippen molar-refractivity contribution in [2.75, 3.05) is 30.4 Å². The van der Waals surface area contributed by atoms with Gasteiger partial charge in [0, 0.05) is 26.3 Å². The van der Waals surface area contributed by atoms with E-state index in [4.69, 9.17) is 5.73 Å². The molecule has 3 nitrogen and oxygen atoms in total. The van der Waals surface area contributed by atoms with Crippen molar-refractivity contribution in [3.8, 4) is 0 Å². The van der Waals surface area contributed by atoms with Crippen LogP contribution in [0.2, 0.25) is 0 Å². The maximum atomic E-state index is 6.06. The molecule has 0 spiro atoms. The summed E-state index contributed by atoms with van der Waals surface area (Å²) in [7, 11) is 4.07. The van der Waals surface area contributed by atoms with E-state index < -0.39 is 0 Å². The fourth-order valence-electron chi connectivity index (χ4n) is 1.97. The van der Waals surface area contributed by atoms with E-state index in [1.54, 1.807) is 0 Å². The summed E-state index contributed by atoms with van der Waals surface area (Å²) in [5, 5.41) is 0. The first-order valence-corrected chi connectivity index (χ1v) is 5.09. The highest BCUT2D eigenvalue weighted by molar-refractivity contribution is 5.74. The van der Waals surface area contributed by atoms with Gasteiger partial charge < -0.3 is 15.5 Å². The molecule has 1 aliphatic heterocycles. The minimum atomic E-state index is -0.00704. The van der Waals surface area contributed by atoms with Crippen LogP contribution < -0.4 is 15.5 Å². The van der Waals surface area contributed by atoms with E-state index >= 15 is 0 Å². The van der Waals surface area contributed by atoms with Crippen molar-refractivity contribution in [1.29, 1.82) is 0 Å². The number of benzene rings is 1. The van der Waals surface area contributed by atoms with Crippen molar-refractivity contribution in [3.05, 3.63) is 36.5 Å². The lowest BCUT2D eigenvalue weighted by Gasteiger charge is -2.23. The Morgan fingerprint density at radius 1 is 1.27 bits per heavy atom. The molecule has 0 bridgehead atoms. The third kappa shape index (κ3) is 1.59. The first-order chi connectivity index (χ1) is 7.11. The van der Waals surface area contributed by atoms with Crippen molar-refractivity contribution in [2.24, 2.45) is 5.73 Å². The molecule has 0 aliphatic carbocycles. The van der Waals surface area contributed by atoms with Crippen molar-refractivity contribution in [2.45, 2.75) is 6.04 Å². The van der Waals surface area contributed by atoms with E-state index in [0.29, 0.717) is 0 Å². The van der Waals surface area contributed by atoms with Gasteiger partial charge in [-0.2, -0.15) is 0 Å². The van der Waals surface area contributed by atoms with Gasteiger partial charge in [0.2, 0.25) is 0 Å². The highest BCUT2D eigenvalue weighted by Crippen LogP contribution is 2.32. The molecule has 1 heterocycles. The minimum absolute atomic E-state index is 0.00704. The SMILES string of the molecule is C=C1[C@@H](N)CN(C)c2ccccc2N1C. The van der Waals surface area contributed by atoms with Crippen LogP contribution in [-0.4, -0.2) is 26.7 Å². The summed E-state index contributed by atoms with van der Waals surface area (Å²) >= 11 is 0. The maximum absolute atomic E-state index is 6.06. The summed E-state index contributed by atoms with van der Waals surface area (Å²) in [6.45, 7) is 4.85. The third-order valence-electron chi connectivity index (χ3n) is 2.98. The number of nitrogens with zero attached hydrogens (tertiary/aromatic N) is 2. The molecular weight excluding hydrogens is 186 g/mol. The zero-order valence-corrected chi connectivity index (χ0v) is 9.27. The van der Waals surface area contributed by atoms with Gasteiger partial charge in [0.25, 0.3) is 0 Å². The van der Waals surface area contributed by atoms with E-state index in [9.17, 15) is 0 Å². The van der Waals surface area contributed by atoms with Gasteiger partial charge in [0.15, 0.2) is 0 Å². The van der Waals surface area contributed by atoms with Crippen LogP contribution >= 0.6 is 0 Å². The quantitative estimate of drug-likeness (QED) is 0.692. The van der Waals surface area contributed by atoms with Crippen LogP contribution in [0.5, 0.6) is 0 Å². The summed E-state index contributed by atoms with van der Waals surface area (Å²) in [5.41, 5.74) is 9.39. The lowest BCUT2D eigenvalue weighted by molar-refractivity contribution is 0.738. The highest BCUT2D eigenvalue weighted by Gasteiger charge is 2.22. The maximum Gasteiger partial charge on any atom is 0.0643 e. The molecule has 1 aromatic carbocycles. The van der Waals surface area contributed by atoms with E-state index in [1.807, 2.05) is 19.2 Å². The van der Waals surface area contributed by atoms with Crippen LogP contribution in [0.25, 0.3) is 0 Å². The summed E-state index contributed by atoms with van der Waals surface area (Å²) in [4.78, 5) is 4.25. The van der Waals surface area contributed by atoms with Gasteiger partial charge in [0.05, 0.1) is 17.4 Å². The molecular formula is C12H17N3. The van der Waals surface area contributed by atoms with Crippen molar-refractivity contribution < 1.29 is 0 Å². The molecule has 3 heteroatoms. The largest absolute Gasteiger partial charge is 0.371 e. The summed E-state index contributed by atoms with van der Waals surface area (Å²) in [5.74, 6) is 0. The number of fused-ring (bicyclic) bond motifs is 1. The molecule has 2 rings (SSSR count). The van der Waals surface area contributed by atoms with Crippen LogP contribution in [0.1, 0.15) is 0 Å². The molecule has 1 atom stereocenters. The Balaban J connectivity index is 2.52. The smallest absolute Gasteiger partial charge is 0.0643 e. The molecule has 15 heavy (non-hydrogen) atoms. The first kappa shape index (κ1) is 10.1. The van der Waals surface area contributed by atoms with Gasteiger partial charge in [-0.3, -0.25) is 0 Å². The second kappa shape index (κ2) is 3.59. The van der Waals surface area contributed by atoms with E-state index in [0.717, 1.165) is 17.9 Å². The van der Waals surface area contributed by atoms with Gasteiger partial charge in [-0.05, 0) is 12.1 Å². The highest BCUT2D eigenvalue weighted by atomic mass is 15.2. The fraction of sp³-hybridized carbons (Fsp3) is 0.333. The predicted octanol–water partition coefficient (Wildman–Crippen LogP) is 1.41. The predicted molar refractivity (Wildman–Crippen MR) is 65.2 cm³/mol. The standard InChI is InChI=1S/C12H17N3/c1-9-10(13)8-14(2)11-6-4-5-7-12(11)15(9)3/h4-7,10H,1,8,13H2,2-3H3/t10-/m0/s1. The Morgan fingerprint density at radius 2 is 1.87 bits per heavy atom. The summed E-state index contributed by atoms with van der Waals surface area (Å²) < 4.78 is 0. The fourth-order valence-corrected chi connectivity index (χ4v) is 1.97. The molecule has 0 fully saturated rings. The second-order valence-corrected chi connectivity index (χ2v) is 4.03. The summed E-state index contributed by atoms with van der Waals surface area (Å²) in [6, 6.07) is 8.27.